The van der Waals surface area contributed by atoms with Crippen molar-refractivity contribution in [3.05, 3.63) is 86.5 Å². The molecule has 0 saturated heterocycles. The van der Waals surface area contributed by atoms with Crippen LogP contribution < -0.4 is 11.3 Å². The van der Waals surface area contributed by atoms with Gasteiger partial charge < -0.3 is 19.0 Å². The summed E-state index contributed by atoms with van der Waals surface area (Å²) in [5.74, 6) is -0.891. The molecule has 0 atom stereocenters. The lowest BCUT2D eigenvalue weighted by Gasteiger charge is -2.06. The molecule has 0 spiro atoms. The summed E-state index contributed by atoms with van der Waals surface area (Å²) in [5, 5.41) is 27.6. The van der Waals surface area contributed by atoms with Crippen LogP contribution >= 0.6 is 11.3 Å². The van der Waals surface area contributed by atoms with Gasteiger partial charge in [0.05, 0.1) is 28.2 Å². The van der Waals surface area contributed by atoms with E-state index in [1.165, 1.54) is 28.2 Å². The summed E-state index contributed by atoms with van der Waals surface area (Å²) >= 11 is 1.25. The van der Waals surface area contributed by atoms with E-state index in [-0.39, 0.29) is 16.9 Å². The highest BCUT2D eigenvalue weighted by Crippen LogP contribution is 2.35. The van der Waals surface area contributed by atoms with E-state index in [0.717, 1.165) is 5.39 Å². The molecule has 0 unspecified atom stereocenters. The van der Waals surface area contributed by atoms with Gasteiger partial charge in [0, 0.05) is 16.2 Å². The lowest BCUT2D eigenvalue weighted by molar-refractivity contribution is 0.398. The Morgan fingerprint density at radius 3 is 2.54 bits per heavy atom. The normalized spacial score (nSPS) is 11.5. The number of aromatic hydroxyl groups is 2. The monoisotopic (exact) mass is 485 g/mol. The fourth-order valence-electron chi connectivity index (χ4n) is 3.90. The molecule has 0 fully saturated rings. The van der Waals surface area contributed by atoms with Gasteiger partial charge in [0.2, 0.25) is 10.9 Å². The van der Waals surface area contributed by atoms with E-state index in [4.69, 9.17) is 8.83 Å². The van der Waals surface area contributed by atoms with Crippen molar-refractivity contribution in [2.75, 3.05) is 0 Å². The van der Waals surface area contributed by atoms with Gasteiger partial charge in [-0.1, -0.05) is 18.2 Å². The summed E-state index contributed by atoms with van der Waals surface area (Å²) in [6.07, 6.45) is 0. The highest BCUT2D eigenvalue weighted by Gasteiger charge is 2.20. The molecule has 0 aliphatic rings. The number of hydrogen-bond acceptors (Lipinski definition) is 9. The summed E-state index contributed by atoms with van der Waals surface area (Å²) in [4.78, 5) is 30.0. The van der Waals surface area contributed by atoms with Gasteiger partial charge in [-0.2, -0.15) is 5.10 Å². The molecule has 0 amide bonds. The quantitative estimate of drug-likeness (QED) is 0.275. The molecule has 4 aromatic heterocycles. The molecule has 9 nitrogen and oxygen atoms in total. The highest BCUT2D eigenvalue weighted by atomic mass is 32.1. The standard InChI is InChI=1S/C25H15N3O6S/c1-12-8-18(16-10-14-6-7-19(29)21(30)22(14)34-24(16)32)28(27-12)25-26-17(11-35-25)15-9-13-4-2-3-5-20(13)33-23(15)31/h2-11,29-30H,1H3. The number of nitrogens with zero attached hydrogens (tertiary/aromatic N) is 3. The molecule has 10 heteroatoms. The summed E-state index contributed by atoms with van der Waals surface area (Å²) in [6.45, 7) is 1.78. The molecular formula is C25H15N3O6S. The highest BCUT2D eigenvalue weighted by molar-refractivity contribution is 7.12. The van der Waals surface area contributed by atoms with Gasteiger partial charge in [-0.05, 0) is 43.3 Å². The first-order valence-corrected chi connectivity index (χ1v) is 11.3. The molecule has 6 rings (SSSR count). The molecule has 6 aromatic rings. The van der Waals surface area contributed by atoms with E-state index in [0.29, 0.717) is 38.7 Å². The van der Waals surface area contributed by atoms with Crippen LogP contribution in [-0.2, 0) is 0 Å². The number of rotatable bonds is 3. The predicted molar refractivity (Wildman–Crippen MR) is 130 cm³/mol. The third kappa shape index (κ3) is 3.39. The molecule has 0 radical (unpaired) electrons. The summed E-state index contributed by atoms with van der Waals surface area (Å²) in [5.41, 5.74) is 1.16. The number of aromatic nitrogens is 3. The third-order valence-electron chi connectivity index (χ3n) is 5.55. The minimum atomic E-state index is -0.716. The molecule has 35 heavy (non-hydrogen) atoms. The largest absolute Gasteiger partial charge is 0.504 e. The second-order valence-electron chi connectivity index (χ2n) is 7.88. The van der Waals surface area contributed by atoms with Crippen LogP contribution in [0, 0.1) is 6.92 Å². The molecule has 2 N–H and O–H groups in total. The second-order valence-corrected chi connectivity index (χ2v) is 8.72. The lowest BCUT2D eigenvalue weighted by atomic mass is 10.1. The average molecular weight is 485 g/mol. The molecule has 172 valence electrons. The van der Waals surface area contributed by atoms with Crippen molar-refractivity contribution in [2.24, 2.45) is 0 Å². The maximum absolute atomic E-state index is 12.8. The Morgan fingerprint density at radius 2 is 1.69 bits per heavy atom. The zero-order valence-corrected chi connectivity index (χ0v) is 18.9. The maximum Gasteiger partial charge on any atom is 0.345 e. The Hall–Kier alpha value is -4.70. The van der Waals surface area contributed by atoms with Crippen LogP contribution in [0.2, 0.25) is 0 Å². The van der Waals surface area contributed by atoms with Crippen molar-refractivity contribution in [3.8, 4) is 39.1 Å². The van der Waals surface area contributed by atoms with E-state index >= 15 is 0 Å². The Bertz CT molecular complexity index is 1900. The van der Waals surface area contributed by atoms with E-state index in [2.05, 4.69) is 10.1 Å². The molecule has 0 saturated carbocycles. The summed E-state index contributed by atoms with van der Waals surface area (Å²) < 4.78 is 12.2. The van der Waals surface area contributed by atoms with Crippen molar-refractivity contribution < 1.29 is 19.0 Å². The zero-order chi connectivity index (χ0) is 24.3. The van der Waals surface area contributed by atoms with Crippen LogP contribution in [0.4, 0.5) is 0 Å². The van der Waals surface area contributed by atoms with Crippen LogP contribution in [-0.4, -0.2) is 25.0 Å². The number of fused-ring (bicyclic) bond motifs is 2. The van der Waals surface area contributed by atoms with Gasteiger partial charge in [0.25, 0.3) is 0 Å². The zero-order valence-electron chi connectivity index (χ0n) is 18.1. The number of benzene rings is 2. The first-order chi connectivity index (χ1) is 16.9. The minimum absolute atomic E-state index is 0.110. The number of thiazole rings is 1. The number of aryl methyl sites for hydroxylation is 1. The van der Waals surface area contributed by atoms with Crippen LogP contribution in [0.15, 0.2) is 78.4 Å². The van der Waals surface area contributed by atoms with Crippen LogP contribution in [0.5, 0.6) is 11.5 Å². The van der Waals surface area contributed by atoms with Crippen LogP contribution in [0.3, 0.4) is 0 Å². The molecule has 0 bridgehead atoms. The van der Waals surface area contributed by atoms with Gasteiger partial charge in [-0.15, -0.1) is 11.3 Å². The number of phenols is 2. The molecule has 4 heterocycles. The first kappa shape index (κ1) is 20.9. The van der Waals surface area contributed by atoms with Crippen molar-refractivity contribution in [3.63, 3.8) is 0 Å². The van der Waals surface area contributed by atoms with Crippen LogP contribution in [0.25, 0.3) is 49.6 Å². The third-order valence-corrected chi connectivity index (χ3v) is 6.37. The van der Waals surface area contributed by atoms with Crippen LogP contribution in [0.1, 0.15) is 5.69 Å². The fraction of sp³-hybridized carbons (Fsp3) is 0.0400. The summed E-state index contributed by atoms with van der Waals surface area (Å²) in [7, 11) is 0. The van der Waals surface area contributed by atoms with Crippen molar-refractivity contribution >= 4 is 33.3 Å². The van der Waals surface area contributed by atoms with E-state index in [1.807, 2.05) is 12.1 Å². The lowest BCUT2D eigenvalue weighted by Crippen LogP contribution is -2.08. The molecular weight excluding hydrogens is 470 g/mol. The number of phenolic OH excluding ortho intramolecular Hbond substituents is 2. The Morgan fingerprint density at radius 1 is 0.914 bits per heavy atom. The average Bonchev–Trinajstić information content (AvgIpc) is 3.48. The number of hydrogen-bond donors (Lipinski definition) is 2. The van der Waals surface area contributed by atoms with E-state index < -0.39 is 17.0 Å². The Balaban J connectivity index is 1.49. The van der Waals surface area contributed by atoms with Crippen molar-refractivity contribution in [2.45, 2.75) is 6.92 Å². The second kappa shape index (κ2) is 7.67. The van der Waals surface area contributed by atoms with Gasteiger partial charge in [0.1, 0.15) is 5.58 Å². The Labute approximate surface area is 199 Å². The SMILES string of the molecule is Cc1cc(-c2cc3ccc(O)c(O)c3oc2=O)n(-c2nc(-c3cc4ccccc4oc3=O)cs2)n1. The van der Waals surface area contributed by atoms with Gasteiger partial charge >= 0.3 is 11.3 Å². The molecule has 0 aliphatic heterocycles. The molecule has 2 aromatic carbocycles. The van der Waals surface area contributed by atoms with E-state index in [9.17, 15) is 19.8 Å². The van der Waals surface area contributed by atoms with E-state index in [1.54, 1.807) is 42.6 Å². The smallest absolute Gasteiger partial charge is 0.345 e. The maximum atomic E-state index is 12.8. The molecule has 0 aliphatic carbocycles. The van der Waals surface area contributed by atoms with Gasteiger partial charge in [-0.3, -0.25) is 0 Å². The summed E-state index contributed by atoms with van der Waals surface area (Å²) in [6, 6.07) is 15.1. The Kier molecular flexibility index (Phi) is 4.58. The predicted octanol–water partition coefficient (Wildman–Crippen LogP) is 4.60. The first-order valence-electron chi connectivity index (χ1n) is 10.4. The topological polar surface area (TPSA) is 132 Å². The van der Waals surface area contributed by atoms with Gasteiger partial charge in [0.15, 0.2) is 11.3 Å². The van der Waals surface area contributed by atoms with Crippen molar-refractivity contribution in [1.29, 1.82) is 0 Å². The number of para-hydroxylation sites is 1. The fourth-order valence-corrected chi connectivity index (χ4v) is 4.69. The van der Waals surface area contributed by atoms with Gasteiger partial charge in [-0.25, -0.2) is 19.3 Å². The van der Waals surface area contributed by atoms with Crippen molar-refractivity contribution in [1.82, 2.24) is 14.8 Å². The minimum Gasteiger partial charge on any atom is -0.504 e.